The van der Waals surface area contributed by atoms with E-state index < -0.39 is 0 Å². The van der Waals surface area contributed by atoms with Crippen LogP contribution in [0.5, 0.6) is 0 Å². The van der Waals surface area contributed by atoms with E-state index in [4.69, 9.17) is 0 Å². The molecule has 1 saturated carbocycles. The summed E-state index contributed by atoms with van der Waals surface area (Å²) >= 11 is 3.21. The first-order valence-corrected chi connectivity index (χ1v) is 7.91. The van der Waals surface area contributed by atoms with Gasteiger partial charge in [0.05, 0.1) is 6.07 Å². The maximum atomic E-state index is 9.49. The van der Waals surface area contributed by atoms with Crippen molar-refractivity contribution in [3.63, 3.8) is 0 Å². The maximum Gasteiger partial charge on any atom is 0.170 e. The van der Waals surface area contributed by atoms with Gasteiger partial charge in [0.25, 0.3) is 0 Å². The number of aromatic nitrogens is 2. The number of hydrogen-bond acceptors (Lipinski definition) is 6. The van der Waals surface area contributed by atoms with Gasteiger partial charge < -0.3 is 0 Å². The highest BCUT2D eigenvalue weighted by Crippen LogP contribution is 2.38. The van der Waals surface area contributed by atoms with Crippen LogP contribution in [0.15, 0.2) is 10.7 Å². The van der Waals surface area contributed by atoms with E-state index in [1.807, 2.05) is 0 Å². The molecule has 0 spiro atoms. The molecule has 0 aromatic carbocycles. The lowest BCUT2D eigenvalue weighted by atomic mass is 9.82. The molecule has 1 aliphatic rings. The Bertz CT molecular complexity index is 412. The van der Waals surface area contributed by atoms with E-state index in [9.17, 15) is 5.26 Å². The Kier molecular flexibility index (Phi) is 4.60. The number of rotatable bonds is 4. The van der Waals surface area contributed by atoms with Crippen LogP contribution < -0.4 is 5.32 Å². The fourth-order valence-corrected chi connectivity index (χ4v) is 4.53. The summed E-state index contributed by atoms with van der Waals surface area (Å²) < 4.78 is 5.03. The summed E-state index contributed by atoms with van der Waals surface area (Å²) in [5, 5.41) is 13.4. The third kappa shape index (κ3) is 3.44. The summed E-state index contributed by atoms with van der Waals surface area (Å²) in [6, 6.07) is 2.84. The van der Waals surface area contributed by atoms with E-state index in [1.54, 1.807) is 18.1 Å². The molecule has 0 saturated heterocycles. The van der Waals surface area contributed by atoms with Crippen LogP contribution in [0.3, 0.4) is 0 Å². The van der Waals surface area contributed by atoms with Crippen molar-refractivity contribution < 1.29 is 0 Å². The van der Waals surface area contributed by atoms with Crippen LogP contribution >= 0.6 is 23.3 Å². The SMILES string of the molecule is CC(C)NC1(C#N)CCCC(Sc2ncns2)C1. The van der Waals surface area contributed by atoms with Gasteiger partial charge in [-0.3, -0.25) is 5.32 Å². The third-order valence-corrected chi connectivity index (χ3v) is 5.11. The lowest BCUT2D eigenvalue weighted by Gasteiger charge is -2.37. The van der Waals surface area contributed by atoms with E-state index in [2.05, 4.69) is 34.6 Å². The Labute approximate surface area is 116 Å². The predicted molar refractivity (Wildman–Crippen MR) is 74.6 cm³/mol. The van der Waals surface area contributed by atoms with E-state index in [0.717, 1.165) is 30.0 Å². The summed E-state index contributed by atoms with van der Waals surface area (Å²) in [4.78, 5) is 4.21. The number of nitriles is 1. The second kappa shape index (κ2) is 6.00. The molecule has 1 aromatic rings. The molecule has 1 aromatic heterocycles. The molecular weight excluding hydrogens is 264 g/mol. The zero-order valence-corrected chi connectivity index (χ0v) is 12.4. The normalized spacial score (nSPS) is 28.2. The van der Waals surface area contributed by atoms with Crippen LogP contribution in [0.2, 0.25) is 0 Å². The van der Waals surface area contributed by atoms with E-state index in [-0.39, 0.29) is 5.54 Å². The molecule has 0 aliphatic heterocycles. The van der Waals surface area contributed by atoms with Gasteiger partial charge in [-0.1, -0.05) is 11.8 Å². The molecule has 1 N–H and O–H groups in total. The first-order valence-electron chi connectivity index (χ1n) is 6.26. The van der Waals surface area contributed by atoms with Gasteiger partial charge in [0.15, 0.2) is 4.34 Å². The zero-order valence-electron chi connectivity index (χ0n) is 10.7. The molecule has 18 heavy (non-hydrogen) atoms. The zero-order chi connectivity index (χ0) is 13.0. The molecule has 4 nitrogen and oxygen atoms in total. The van der Waals surface area contributed by atoms with E-state index >= 15 is 0 Å². The molecule has 0 amide bonds. The van der Waals surface area contributed by atoms with Gasteiger partial charge in [-0.2, -0.15) is 9.64 Å². The average Bonchev–Trinajstić information content (AvgIpc) is 2.81. The molecule has 2 atom stereocenters. The Morgan fingerprint density at radius 3 is 3.11 bits per heavy atom. The molecular formula is C12H18N4S2. The summed E-state index contributed by atoms with van der Waals surface area (Å²) in [6.45, 7) is 4.20. The molecule has 1 heterocycles. The highest BCUT2D eigenvalue weighted by molar-refractivity contribution is 8.01. The number of nitrogens with one attached hydrogen (secondary N) is 1. The topological polar surface area (TPSA) is 61.6 Å². The van der Waals surface area contributed by atoms with Gasteiger partial charge in [0.1, 0.15) is 11.9 Å². The van der Waals surface area contributed by atoms with Gasteiger partial charge in [-0.05, 0) is 51.1 Å². The fraction of sp³-hybridized carbons (Fsp3) is 0.750. The van der Waals surface area contributed by atoms with Crippen molar-refractivity contribution in [1.82, 2.24) is 14.7 Å². The van der Waals surface area contributed by atoms with Crippen molar-refractivity contribution in [2.45, 2.75) is 60.7 Å². The van der Waals surface area contributed by atoms with Crippen molar-refractivity contribution >= 4 is 23.3 Å². The maximum absolute atomic E-state index is 9.49. The molecule has 2 unspecified atom stereocenters. The van der Waals surface area contributed by atoms with Crippen LogP contribution in [0.25, 0.3) is 0 Å². The summed E-state index contributed by atoms with van der Waals surface area (Å²) in [7, 11) is 0. The highest BCUT2D eigenvalue weighted by atomic mass is 32.2. The van der Waals surface area contributed by atoms with Crippen LogP contribution in [0.4, 0.5) is 0 Å². The van der Waals surface area contributed by atoms with Gasteiger partial charge in [0.2, 0.25) is 0 Å². The molecule has 2 rings (SSSR count). The summed E-state index contributed by atoms with van der Waals surface area (Å²) in [6.07, 6.45) is 5.71. The molecule has 0 radical (unpaired) electrons. The smallest absolute Gasteiger partial charge is 0.170 e. The van der Waals surface area contributed by atoms with Gasteiger partial charge in [-0.15, -0.1) is 0 Å². The lowest BCUT2D eigenvalue weighted by Crippen LogP contribution is -2.51. The van der Waals surface area contributed by atoms with Gasteiger partial charge in [-0.25, -0.2) is 4.98 Å². The van der Waals surface area contributed by atoms with Crippen LogP contribution in [-0.4, -0.2) is 26.2 Å². The monoisotopic (exact) mass is 282 g/mol. The van der Waals surface area contributed by atoms with Gasteiger partial charge >= 0.3 is 0 Å². The second-order valence-corrected chi connectivity index (χ2v) is 7.36. The molecule has 1 aliphatic carbocycles. The minimum atomic E-state index is -0.352. The fourth-order valence-electron chi connectivity index (χ4n) is 2.50. The number of thioether (sulfide) groups is 1. The lowest BCUT2D eigenvalue weighted by molar-refractivity contribution is 0.284. The minimum absolute atomic E-state index is 0.343. The Morgan fingerprint density at radius 2 is 2.50 bits per heavy atom. The van der Waals surface area contributed by atoms with Crippen molar-refractivity contribution in [3.05, 3.63) is 6.33 Å². The quantitative estimate of drug-likeness (QED) is 0.920. The van der Waals surface area contributed by atoms with Crippen LogP contribution in [-0.2, 0) is 0 Å². The Balaban J connectivity index is 2.00. The Morgan fingerprint density at radius 1 is 1.67 bits per heavy atom. The minimum Gasteiger partial charge on any atom is -0.297 e. The summed E-state index contributed by atoms with van der Waals surface area (Å²) in [5.41, 5.74) is -0.352. The number of nitrogens with zero attached hydrogens (tertiary/aromatic N) is 3. The third-order valence-electron chi connectivity index (χ3n) is 3.09. The Hall–Kier alpha value is -0.640. The first-order chi connectivity index (χ1) is 8.63. The van der Waals surface area contributed by atoms with E-state index in [0.29, 0.717) is 11.3 Å². The van der Waals surface area contributed by atoms with Crippen LogP contribution in [0, 0.1) is 11.3 Å². The van der Waals surface area contributed by atoms with Crippen LogP contribution in [0.1, 0.15) is 39.5 Å². The molecule has 98 valence electrons. The highest BCUT2D eigenvalue weighted by Gasteiger charge is 2.37. The molecule has 6 heteroatoms. The average molecular weight is 282 g/mol. The first kappa shape index (κ1) is 13.8. The van der Waals surface area contributed by atoms with Crippen molar-refractivity contribution in [1.29, 1.82) is 5.26 Å². The summed E-state index contributed by atoms with van der Waals surface area (Å²) in [5.74, 6) is 0. The molecule has 0 bridgehead atoms. The van der Waals surface area contributed by atoms with Crippen molar-refractivity contribution in [3.8, 4) is 6.07 Å². The largest absolute Gasteiger partial charge is 0.297 e. The number of hydrogen-bond donors (Lipinski definition) is 1. The van der Waals surface area contributed by atoms with Gasteiger partial charge in [0, 0.05) is 11.3 Å². The van der Waals surface area contributed by atoms with Crippen molar-refractivity contribution in [2.24, 2.45) is 0 Å². The predicted octanol–water partition coefficient (Wildman–Crippen LogP) is 2.83. The van der Waals surface area contributed by atoms with E-state index in [1.165, 1.54) is 11.5 Å². The van der Waals surface area contributed by atoms with Crippen molar-refractivity contribution in [2.75, 3.05) is 0 Å². The standard InChI is InChI=1S/C12H18N4S2/c1-9(2)16-12(7-13)5-3-4-10(6-12)17-11-14-8-15-18-11/h8-10,16H,3-6H2,1-2H3. The second-order valence-electron chi connectivity index (χ2n) is 5.04. The molecule has 1 fully saturated rings.